The monoisotopic (exact) mass is 262 g/mol. The largest absolute Gasteiger partial charge is 0.369 e. The Morgan fingerprint density at radius 1 is 1.21 bits per heavy atom. The molecule has 0 bridgehead atoms. The molecule has 106 valence electrons. The third-order valence-electron chi connectivity index (χ3n) is 3.90. The third kappa shape index (κ3) is 4.37. The van der Waals surface area contributed by atoms with E-state index in [9.17, 15) is 0 Å². The molecule has 1 saturated carbocycles. The predicted octanol–water partition coefficient (Wildman–Crippen LogP) is 3.68. The van der Waals surface area contributed by atoms with Gasteiger partial charge in [0.1, 0.15) is 11.6 Å². The van der Waals surface area contributed by atoms with Crippen molar-refractivity contribution in [2.45, 2.75) is 58.4 Å². The fourth-order valence-electron chi connectivity index (χ4n) is 2.78. The minimum absolute atomic E-state index is 0.564. The molecule has 0 aromatic carbocycles. The van der Waals surface area contributed by atoms with Gasteiger partial charge in [0.05, 0.1) is 12.4 Å². The van der Waals surface area contributed by atoms with Crippen molar-refractivity contribution in [2.24, 2.45) is 5.92 Å². The summed E-state index contributed by atoms with van der Waals surface area (Å²) in [5, 5.41) is 6.83. The molecule has 2 N–H and O–H groups in total. The summed E-state index contributed by atoms with van der Waals surface area (Å²) >= 11 is 0. The average Bonchev–Trinajstić information content (AvgIpc) is 2.46. The quantitative estimate of drug-likeness (QED) is 0.821. The fraction of sp³-hybridized carbons (Fsp3) is 0.733. The molecule has 0 aliphatic heterocycles. The molecular formula is C15H26N4. The second-order valence-corrected chi connectivity index (χ2v) is 5.50. The molecule has 2 atom stereocenters. The number of nitrogens with one attached hydrogen (secondary N) is 2. The first kappa shape index (κ1) is 14.1. The third-order valence-corrected chi connectivity index (χ3v) is 3.90. The van der Waals surface area contributed by atoms with Crippen molar-refractivity contribution >= 4 is 11.6 Å². The summed E-state index contributed by atoms with van der Waals surface area (Å²) in [6.07, 6.45) is 11.2. The van der Waals surface area contributed by atoms with Crippen molar-refractivity contribution in [3.05, 3.63) is 12.4 Å². The number of nitrogens with zero attached hydrogens (tertiary/aromatic N) is 2. The maximum atomic E-state index is 4.57. The highest BCUT2D eigenvalue weighted by molar-refractivity contribution is 5.42. The zero-order valence-corrected chi connectivity index (χ0v) is 12.2. The average molecular weight is 262 g/mol. The van der Waals surface area contributed by atoms with E-state index >= 15 is 0 Å². The van der Waals surface area contributed by atoms with E-state index < -0.39 is 0 Å². The number of hydrogen-bond acceptors (Lipinski definition) is 4. The molecule has 0 amide bonds. The van der Waals surface area contributed by atoms with Gasteiger partial charge in [0.25, 0.3) is 0 Å². The molecule has 1 aromatic heterocycles. The first-order valence-electron chi connectivity index (χ1n) is 7.64. The molecule has 0 saturated heterocycles. The fourth-order valence-corrected chi connectivity index (χ4v) is 2.78. The molecule has 0 radical (unpaired) electrons. The zero-order chi connectivity index (χ0) is 13.5. The number of hydrogen-bond donors (Lipinski definition) is 2. The van der Waals surface area contributed by atoms with Crippen molar-refractivity contribution < 1.29 is 0 Å². The lowest BCUT2D eigenvalue weighted by Crippen LogP contribution is -2.27. The summed E-state index contributed by atoms with van der Waals surface area (Å²) < 4.78 is 0. The van der Waals surface area contributed by atoms with Crippen molar-refractivity contribution in [1.29, 1.82) is 0 Å². The normalized spacial score (nSPS) is 23.1. The second kappa shape index (κ2) is 7.31. The van der Waals surface area contributed by atoms with Crippen LogP contribution in [0, 0.1) is 5.92 Å². The minimum Gasteiger partial charge on any atom is -0.369 e. The van der Waals surface area contributed by atoms with Crippen LogP contribution in [0.4, 0.5) is 11.6 Å². The van der Waals surface area contributed by atoms with Crippen molar-refractivity contribution in [2.75, 3.05) is 17.2 Å². The van der Waals surface area contributed by atoms with Crippen LogP contribution in [0.15, 0.2) is 12.4 Å². The van der Waals surface area contributed by atoms with Gasteiger partial charge in [-0.05, 0) is 25.2 Å². The Labute approximate surface area is 116 Å². The van der Waals surface area contributed by atoms with Crippen LogP contribution in [0.3, 0.4) is 0 Å². The highest BCUT2D eigenvalue weighted by Gasteiger charge is 2.20. The molecule has 19 heavy (non-hydrogen) atoms. The first-order chi connectivity index (χ1) is 9.31. The number of anilines is 2. The first-order valence-corrected chi connectivity index (χ1v) is 7.64. The molecule has 4 nitrogen and oxygen atoms in total. The molecule has 1 aromatic rings. The van der Waals surface area contributed by atoms with E-state index in [1.807, 2.05) is 6.20 Å². The topological polar surface area (TPSA) is 49.8 Å². The van der Waals surface area contributed by atoms with Crippen molar-refractivity contribution in [1.82, 2.24) is 9.97 Å². The summed E-state index contributed by atoms with van der Waals surface area (Å²) in [6.45, 7) is 5.39. The Hall–Kier alpha value is -1.32. The van der Waals surface area contributed by atoms with Gasteiger partial charge in [-0.25, -0.2) is 4.98 Å². The predicted molar refractivity (Wildman–Crippen MR) is 80.5 cm³/mol. The molecule has 1 aliphatic rings. The van der Waals surface area contributed by atoms with Gasteiger partial charge in [-0.3, -0.25) is 4.98 Å². The Kier molecular flexibility index (Phi) is 5.43. The van der Waals surface area contributed by atoms with Gasteiger partial charge >= 0.3 is 0 Å². The molecule has 1 heterocycles. The van der Waals surface area contributed by atoms with Crippen LogP contribution < -0.4 is 10.6 Å². The Morgan fingerprint density at radius 3 is 2.84 bits per heavy atom. The van der Waals surface area contributed by atoms with E-state index in [1.165, 1.54) is 32.1 Å². The minimum atomic E-state index is 0.564. The van der Waals surface area contributed by atoms with Gasteiger partial charge in [-0.2, -0.15) is 0 Å². The van der Waals surface area contributed by atoms with Gasteiger partial charge in [-0.15, -0.1) is 0 Å². The molecule has 2 unspecified atom stereocenters. The second-order valence-electron chi connectivity index (χ2n) is 5.50. The Morgan fingerprint density at radius 2 is 2.05 bits per heavy atom. The van der Waals surface area contributed by atoms with E-state index in [4.69, 9.17) is 0 Å². The van der Waals surface area contributed by atoms with E-state index in [0.717, 1.165) is 30.5 Å². The lowest BCUT2D eigenvalue weighted by Gasteiger charge is -2.29. The van der Waals surface area contributed by atoms with Gasteiger partial charge in [0.15, 0.2) is 0 Å². The maximum Gasteiger partial charge on any atom is 0.147 e. The van der Waals surface area contributed by atoms with E-state index in [2.05, 4.69) is 34.4 Å². The van der Waals surface area contributed by atoms with Crippen LogP contribution in [0.5, 0.6) is 0 Å². The van der Waals surface area contributed by atoms with Crippen LogP contribution in [-0.2, 0) is 0 Å². The summed E-state index contributed by atoms with van der Waals surface area (Å²) in [7, 11) is 0. The van der Waals surface area contributed by atoms with Gasteiger partial charge < -0.3 is 10.6 Å². The SMILES string of the molecule is CCCNc1cncc(NC2CCCC(CC)C2)n1. The molecule has 4 heteroatoms. The summed E-state index contributed by atoms with van der Waals surface area (Å²) in [5.74, 6) is 2.65. The van der Waals surface area contributed by atoms with Crippen LogP contribution >= 0.6 is 0 Å². The van der Waals surface area contributed by atoms with Gasteiger partial charge in [-0.1, -0.05) is 33.1 Å². The van der Waals surface area contributed by atoms with Gasteiger partial charge in [0, 0.05) is 12.6 Å². The zero-order valence-electron chi connectivity index (χ0n) is 12.2. The van der Waals surface area contributed by atoms with Gasteiger partial charge in [0.2, 0.25) is 0 Å². The van der Waals surface area contributed by atoms with E-state index in [0.29, 0.717) is 6.04 Å². The molecule has 2 rings (SSSR count). The van der Waals surface area contributed by atoms with E-state index in [1.54, 1.807) is 6.20 Å². The number of rotatable bonds is 6. The highest BCUT2D eigenvalue weighted by Crippen LogP contribution is 2.28. The maximum absolute atomic E-state index is 4.57. The lowest BCUT2D eigenvalue weighted by atomic mass is 9.84. The molecular weight excluding hydrogens is 236 g/mol. The highest BCUT2D eigenvalue weighted by atomic mass is 15.1. The number of aromatic nitrogens is 2. The van der Waals surface area contributed by atoms with Crippen LogP contribution in [-0.4, -0.2) is 22.6 Å². The van der Waals surface area contributed by atoms with Crippen LogP contribution in [0.1, 0.15) is 52.4 Å². The lowest BCUT2D eigenvalue weighted by molar-refractivity contribution is 0.327. The van der Waals surface area contributed by atoms with Crippen molar-refractivity contribution in [3.8, 4) is 0 Å². The molecule has 1 aliphatic carbocycles. The van der Waals surface area contributed by atoms with Crippen molar-refractivity contribution in [3.63, 3.8) is 0 Å². The summed E-state index contributed by atoms with van der Waals surface area (Å²) in [4.78, 5) is 8.83. The summed E-state index contributed by atoms with van der Waals surface area (Å²) in [5.41, 5.74) is 0. The van der Waals surface area contributed by atoms with E-state index in [-0.39, 0.29) is 0 Å². The summed E-state index contributed by atoms with van der Waals surface area (Å²) in [6, 6.07) is 0.564. The Bertz CT molecular complexity index is 380. The Balaban J connectivity index is 1.90. The van der Waals surface area contributed by atoms with Crippen LogP contribution in [0.25, 0.3) is 0 Å². The smallest absolute Gasteiger partial charge is 0.147 e. The van der Waals surface area contributed by atoms with Crippen LogP contribution in [0.2, 0.25) is 0 Å². The molecule has 1 fully saturated rings. The standard InChI is InChI=1S/C15H26N4/c1-3-8-17-14-10-16-11-15(19-14)18-13-7-5-6-12(4-2)9-13/h10-13H,3-9H2,1-2H3,(H2,17,18,19). The molecule has 0 spiro atoms.